The van der Waals surface area contributed by atoms with E-state index in [0.29, 0.717) is 6.54 Å². The van der Waals surface area contributed by atoms with Crippen LogP contribution >= 0.6 is 0 Å². The van der Waals surface area contributed by atoms with Crippen molar-refractivity contribution in [3.05, 3.63) is 30.3 Å². The lowest BCUT2D eigenvalue weighted by molar-refractivity contribution is 0.200. The number of anilines is 1. The van der Waals surface area contributed by atoms with Gasteiger partial charge in [-0.25, -0.2) is 0 Å². The van der Waals surface area contributed by atoms with Gasteiger partial charge in [-0.1, -0.05) is 18.2 Å². The Balaban J connectivity index is 2.65. The van der Waals surface area contributed by atoms with Gasteiger partial charge in [0, 0.05) is 18.8 Å². The van der Waals surface area contributed by atoms with E-state index in [2.05, 4.69) is 0 Å². The molecule has 0 spiro atoms. The predicted molar refractivity (Wildman–Crippen MR) is 66.8 cm³/mol. The summed E-state index contributed by atoms with van der Waals surface area (Å²) < 4.78 is 29.9. The molecule has 0 fully saturated rings. The quantitative estimate of drug-likeness (QED) is 0.738. The van der Waals surface area contributed by atoms with E-state index in [9.17, 15) is 13.5 Å². The molecule has 5 nitrogen and oxygen atoms in total. The zero-order valence-corrected chi connectivity index (χ0v) is 10.5. The van der Waals surface area contributed by atoms with Crippen molar-refractivity contribution in [3.8, 4) is 0 Å². The summed E-state index contributed by atoms with van der Waals surface area (Å²) in [5, 5.41) is 9.57. The second kappa shape index (κ2) is 6.00. The van der Waals surface area contributed by atoms with Crippen molar-refractivity contribution in [2.75, 3.05) is 23.7 Å². The largest absolute Gasteiger partial charge is 0.390 e. The predicted octanol–water partition coefficient (Wildman–Crippen LogP) is 0.762. The van der Waals surface area contributed by atoms with Gasteiger partial charge in [0.05, 0.1) is 6.10 Å². The molecule has 0 aliphatic heterocycles. The molecule has 1 aromatic carbocycles. The van der Waals surface area contributed by atoms with Crippen molar-refractivity contribution in [1.82, 2.24) is 0 Å². The van der Waals surface area contributed by atoms with Gasteiger partial charge in [0.1, 0.15) is 5.75 Å². The van der Waals surface area contributed by atoms with Gasteiger partial charge in [0.15, 0.2) is 0 Å². The van der Waals surface area contributed by atoms with Crippen LogP contribution in [0.3, 0.4) is 0 Å². The average Bonchev–Trinajstić information content (AvgIpc) is 2.24. The van der Waals surface area contributed by atoms with E-state index in [4.69, 9.17) is 4.55 Å². The van der Waals surface area contributed by atoms with Gasteiger partial charge in [-0.3, -0.25) is 4.55 Å². The minimum absolute atomic E-state index is 0.167. The van der Waals surface area contributed by atoms with Crippen LogP contribution in [-0.2, 0) is 10.1 Å². The highest BCUT2D eigenvalue weighted by Crippen LogP contribution is 2.13. The smallest absolute Gasteiger partial charge is 0.267 e. The van der Waals surface area contributed by atoms with Gasteiger partial charge >= 0.3 is 0 Å². The summed E-state index contributed by atoms with van der Waals surface area (Å²) in [4.78, 5) is 1.84. The Labute approximate surface area is 101 Å². The third-order valence-corrected chi connectivity index (χ3v) is 3.14. The first kappa shape index (κ1) is 14.0. The molecule has 1 atom stereocenters. The molecule has 0 bridgehead atoms. The fourth-order valence-electron chi connectivity index (χ4n) is 1.61. The number of aliphatic hydroxyl groups is 1. The highest BCUT2D eigenvalue weighted by Gasteiger charge is 2.17. The molecular formula is C11H17NO4S. The molecular weight excluding hydrogens is 242 g/mol. The molecule has 0 radical (unpaired) electrons. The van der Waals surface area contributed by atoms with E-state index in [0.717, 1.165) is 5.69 Å². The van der Waals surface area contributed by atoms with Crippen LogP contribution in [0.2, 0.25) is 0 Å². The number of nitrogens with zero attached hydrogens (tertiary/aromatic N) is 1. The number of aliphatic hydroxyl groups excluding tert-OH is 1. The zero-order chi connectivity index (χ0) is 12.9. The molecule has 1 rings (SSSR count). The number of hydrogen-bond donors (Lipinski definition) is 2. The normalized spacial score (nSPS) is 13.4. The van der Waals surface area contributed by atoms with E-state index in [-0.39, 0.29) is 6.54 Å². The summed E-state index contributed by atoms with van der Waals surface area (Å²) in [5.74, 6) is -0.643. The van der Waals surface area contributed by atoms with Gasteiger partial charge in [0.2, 0.25) is 0 Å². The maximum absolute atomic E-state index is 10.6. The Bertz CT molecular complexity index is 432. The van der Waals surface area contributed by atoms with E-state index in [1.54, 1.807) is 0 Å². The number of rotatable bonds is 6. The van der Waals surface area contributed by atoms with Crippen LogP contribution in [0.15, 0.2) is 30.3 Å². The summed E-state index contributed by atoms with van der Waals surface area (Å²) in [6.07, 6.45) is -1.11. The molecule has 1 aromatic rings. The summed E-state index contributed by atoms with van der Waals surface area (Å²) in [5.41, 5.74) is 0.907. The monoisotopic (exact) mass is 259 g/mol. The van der Waals surface area contributed by atoms with Crippen molar-refractivity contribution < 1.29 is 18.1 Å². The second-order valence-corrected chi connectivity index (χ2v) is 5.27. The summed E-state index contributed by atoms with van der Waals surface area (Å²) in [6.45, 7) is 2.72. The molecule has 6 heteroatoms. The minimum atomic E-state index is -4.14. The van der Waals surface area contributed by atoms with E-state index >= 15 is 0 Å². The lowest BCUT2D eigenvalue weighted by Crippen LogP contribution is -2.36. The fourth-order valence-corrected chi connectivity index (χ4v) is 2.20. The van der Waals surface area contributed by atoms with Crippen LogP contribution in [-0.4, -0.2) is 43.0 Å². The van der Waals surface area contributed by atoms with Crippen LogP contribution in [0.5, 0.6) is 0 Å². The van der Waals surface area contributed by atoms with Crippen molar-refractivity contribution >= 4 is 15.8 Å². The molecule has 96 valence electrons. The molecule has 17 heavy (non-hydrogen) atoms. The number of benzene rings is 1. The maximum atomic E-state index is 10.6. The summed E-state index contributed by atoms with van der Waals surface area (Å²) >= 11 is 0. The highest BCUT2D eigenvalue weighted by atomic mass is 32.2. The van der Waals surface area contributed by atoms with Gasteiger partial charge in [-0.15, -0.1) is 0 Å². The van der Waals surface area contributed by atoms with Gasteiger partial charge in [-0.05, 0) is 19.1 Å². The average molecular weight is 259 g/mol. The Morgan fingerprint density at radius 2 is 1.88 bits per heavy atom. The number of para-hydroxylation sites is 1. The van der Waals surface area contributed by atoms with Crippen molar-refractivity contribution in [3.63, 3.8) is 0 Å². The van der Waals surface area contributed by atoms with Crippen LogP contribution in [0.25, 0.3) is 0 Å². The molecule has 0 saturated carbocycles. The van der Waals surface area contributed by atoms with Crippen LogP contribution < -0.4 is 4.90 Å². The first-order valence-electron chi connectivity index (χ1n) is 5.35. The van der Waals surface area contributed by atoms with Gasteiger partial charge in [-0.2, -0.15) is 8.42 Å². The van der Waals surface area contributed by atoms with Crippen molar-refractivity contribution in [2.45, 2.75) is 13.0 Å². The molecule has 0 aliphatic carbocycles. The fraction of sp³-hybridized carbons (Fsp3) is 0.455. The lowest BCUT2D eigenvalue weighted by atomic mass is 10.2. The molecule has 0 saturated heterocycles. The first-order valence-corrected chi connectivity index (χ1v) is 6.96. The van der Waals surface area contributed by atoms with Gasteiger partial charge < -0.3 is 10.0 Å². The number of hydrogen-bond acceptors (Lipinski definition) is 4. The van der Waals surface area contributed by atoms with Crippen LogP contribution in [0.1, 0.15) is 6.92 Å². The van der Waals surface area contributed by atoms with Crippen LogP contribution in [0.4, 0.5) is 5.69 Å². The summed E-state index contributed by atoms with van der Waals surface area (Å²) in [6, 6.07) is 9.37. The Morgan fingerprint density at radius 1 is 1.29 bits per heavy atom. The highest BCUT2D eigenvalue weighted by molar-refractivity contribution is 7.85. The molecule has 2 N–H and O–H groups in total. The maximum Gasteiger partial charge on any atom is 0.267 e. The van der Waals surface area contributed by atoms with E-state index in [1.807, 2.05) is 42.2 Å². The molecule has 0 amide bonds. The Morgan fingerprint density at radius 3 is 2.35 bits per heavy atom. The molecule has 0 aromatic heterocycles. The third kappa shape index (κ3) is 5.16. The standard InChI is InChI=1S/C11H17NO4S/c1-2-12(10-6-4-3-5-7-10)8-11(13)9-17(14,15)16/h3-7,11,13H,2,8-9H2,1H3,(H,14,15,16). The first-order chi connectivity index (χ1) is 7.92. The second-order valence-electron chi connectivity index (χ2n) is 3.78. The van der Waals surface area contributed by atoms with Crippen molar-refractivity contribution in [2.24, 2.45) is 0 Å². The van der Waals surface area contributed by atoms with Gasteiger partial charge in [0.25, 0.3) is 10.1 Å². The minimum Gasteiger partial charge on any atom is -0.390 e. The molecule has 0 heterocycles. The van der Waals surface area contributed by atoms with Crippen molar-refractivity contribution in [1.29, 1.82) is 0 Å². The topological polar surface area (TPSA) is 77.8 Å². The van der Waals surface area contributed by atoms with E-state index < -0.39 is 22.0 Å². The Kier molecular flexibility index (Phi) is 4.92. The Hall–Kier alpha value is -1.11. The lowest BCUT2D eigenvalue weighted by Gasteiger charge is -2.25. The van der Waals surface area contributed by atoms with E-state index in [1.165, 1.54) is 0 Å². The van der Waals surface area contributed by atoms with Crippen LogP contribution in [0, 0.1) is 0 Å². The summed E-state index contributed by atoms with van der Waals surface area (Å²) in [7, 11) is -4.14. The zero-order valence-electron chi connectivity index (χ0n) is 9.65. The molecule has 1 unspecified atom stereocenters. The molecule has 0 aliphatic rings. The third-order valence-electron chi connectivity index (χ3n) is 2.34. The number of likely N-dealkylation sites (N-methyl/N-ethyl adjacent to an activating group) is 1. The SMILES string of the molecule is CCN(CC(O)CS(=O)(=O)O)c1ccccc1.